The Labute approximate surface area is 111 Å². The first kappa shape index (κ1) is 12.8. The first-order valence-corrected chi connectivity index (χ1v) is 6.90. The minimum absolute atomic E-state index is 0.172. The van der Waals surface area contributed by atoms with Gasteiger partial charge in [-0.1, -0.05) is 11.8 Å². The van der Waals surface area contributed by atoms with Crippen LogP contribution in [0.3, 0.4) is 0 Å². The molecule has 2 aromatic rings. The van der Waals surface area contributed by atoms with Gasteiger partial charge in [0.05, 0.1) is 5.75 Å². The number of thioether (sulfide) groups is 1. The maximum absolute atomic E-state index is 11.6. The quantitative estimate of drug-likeness (QED) is 0.651. The van der Waals surface area contributed by atoms with E-state index in [1.54, 1.807) is 24.6 Å². The Kier molecular flexibility index (Phi) is 4.11. The smallest absolute Gasteiger partial charge is 0.310 e. The lowest BCUT2D eigenvalue weighted by atomic mass is 10.5. The van der Waals surface area contributed by atoms with Crippen LogP contribution >= 0.6 is 23.1 Å². The van der Waals surface area contributed by atoms with Crippen LogP contribution < -0.4 is 11.0 Å². The molecular weight excluding hydrogens is 272 g/mol. The third kappa shape index (κ3) is 3.67. The lowest BCUT2D eigenvalue weighted by Crippen LogP contribution is -2.15. The van der Waals surface area contributed by atoms with Gasteiger partial charge < -0.3 is 10.3 Å². The van der Waals surface area contributed by atoms with Gasteiger partial charge in [0.1, 0.15) is 5.03 Å². The number of hydrogen-bond acceptors (Lipinski definition) is 6. The average molecular weight is 282 g/mol. The van der Waals surface area contributed by atoms with Crippen molar-refractivity contribution in [2.45, 2.75) is 11.9 Å². The third-order valence-corrected chi connectivity index (χ3v) is 3.49. The summed E-state index contributed by atoms with van der Waals surface area (Å²) >= 11 is 2.57. The third-order valence-electron chi connectivity index (χ3n) is 1.89. The molecule has 8 heteroatoms. The molecule has 0 aliphatic carbocycles. The van der Waals surface area contributed by atoms with E-state index in [4.69, 9.17) is 0 Å². The average Bonchev–Trinajstić information content (AvgIpc) is 2.78. The Morgan fingerprint density at radius 2 is 2.44 bits per heavy atom. The van der Waals surface area contributed by atoms with Gasteiger partial charge in [-0.3, -0.25) is 4.79 Å². The van der Waals surface area contributed by atoms with E-state index in [1.807, 2.05) is 0 Å². The zero-order valence-corrected chi connectivity index (χ0v) is 11.1. The van der Waals surface area contributed by atoms with E-state index in [0.29, 0.717) is 10.2 Å². The molecule has 0 radical (unpaired) electrons. The highest BCUT2D eigenvalue weighted by Gasteiger charge is 2.06. The monoisotopic (exact) mass is 282 g/mol. The van der Waals surface area contributed by atoms with E-state index in [2.05, 4.69) is 20.3 Å². The summed E-state index contributed by atoms with van der Waals surface area (Å²) in [6, 6.07) is 1.72. The highest BCUT2D eigenvalue weighted by molar-refractivity contribution is 7.99. The van der Waals surface area contributed by atoms with Crippen LogP contribution in [0.15, 0.2) is 27.5 Å². The minimum atomic E-state index is -0.405. The van der Waals surface area contributed by atoms with Gasteiger partial charge in [0.2, 0.25) is 5.91 Å². The normalized spacial score (nSPS) is 10.3. The van der Waals surface area contributed by atoms with Crippen LogP contribution in [0.1, 0.15) is 5.69 Å². The Morgan fingerprint density at radius 1 is 1.61 bits per heavy atom. The van der Waals surface area contributed by atoms with Gasteiger partial charge in [-0.15, -0.1) is 11.3 Å². The number of rotatable bonds is 4. The number of thiazole rings is 1. The lowest BCUT2D eigenvalue weighted by Gasteiger charge is -2.01. The minimum Gasteiger partial charge on any atom is -0.310 e. The molecule has 0 fully saturated rings. The zero-order valence-electron chi connectivity index (χ0n) is 9.47. The van der Waals surface area contributed by atoms with Crippen molar-refractivity contribution in [3.05, 3.63) is 33.8 Å². The molecule has 2 N–H and O–H groups in total. The molecule has 0 bridgehead atoms. The van der Waals surface area contributed by atoms with Gasteiger partial charge in [-0.05, 0) is 13.0 Å². The number of carbonyl (C=O) groups excluding carboxylic acids is 1. The molecule has 0 aliphatic heterocycles. The Morgan fingerprint density at radius 3 is 3.11 bits per heavy atom. The van der Waals surface area contributed by atoms with Gasteiger partial charge in [-0.25, -0.2) is 9.78 Å². The number of anilines is 1. The highest BCUT2D eigenvalue weighted by atomic mass is 32.2. The van der Waals surface area contributed by atoms with Crippen molar-refractivity contribution in [1.82, 2.24) is 15.0 Å². The van der Waals surface area contributed by atoms with Crippen LogP contribution in [0.2, 0.25) is 0 Å². The van der Waals surface area contributed by atoms with E-state index >= 15 is 0 Å². The molecule has 0 saturated heterocycles. The molecule has 0 aromatic carbocycles. The first-order chi connectivity index (χ1) is 8.63. The van der Waals surface area contributed by atoms with E-state index in [9.17, 15) is 9.59 Å². The van der Waals surface area contributed by atoms with Crippen molar-refractivity contribution in [1.29, 1.82) is 0 Å². The van der Waals surface area contributed by atoms with Crippen molar-refractivity contribution in [2.75, 3.05) is 11.1 Å². The first-order valence-electron chi connectivity index (χ1n) is 5.03. The van der Waals surface area contributed by atoms with Crippen molar-refractivity contribution < 1.29 is 4.79 Å². The molecular formula is C10H10N4O2S2. The van der Waals surface area contributed by atoms with Crippen LogP contribution in [0.4, 0.5) is 5.13 Å². The van der Waals surface area contributed by atoms with Crippen LogP contribution in [0.5, 0.6) is 0 Å². The largest absolute Gasteiger partial charge is 0.346 e. The molecule has 0 spiro atoms. The molecule has 1 amide bonds. The summed E-state index contributed by atoms with van der Waals surface area (Å²) in [5, 5.41) is 5.54. The van der Waals surface area contributed by atoms with Crippen molar-refractivity contribution in [3.63, 3.8) is 0 Å². The van der Waals surface area contributed by atoms with Gasteiger partial charge in [-0.2, -0.15) is 4.98 Å². The summed E-state index contributed by atoms with van der Waals surface area (Å²) in [5.74, 6) is 0.0184. The molecule has 0 saturated carbocycles. The van der Waals surface area contributed by atoms with Crippen molar-refractivity contribution >= 4 is 34.1 Å². The highest BCUT2D eigenvalue weighted by Crippen LogP contribution is 2.15. The second-order valence-corrected chi connectivity index (χ2v) is 5.27. The van der Waals surface area contributed by atoms with Crippen LogP contribution in [0, 0.1) is 6.92 Å². The van der Waals surface area contributed by atoms with E-state index in [-0.39, 0.29) is 11.7 Å². The van der Waals surface area contributed by atoms with Gasteiger partial charge in [0.15, 0.2) is 5.13 Å². The fourth-order valence-corrected chi connectivity index (χ4v) is 2.51. The van der Waals surface area contributed by atoms with Gasteiger partial charge in [0, 0.05) is 17.3 Å². The number of hydrogen-bond donors (Lipinski definition) is 2. The van der Waals surface area contributed by atoms with Gasteiger partial charge in [0.25, 0.3) is 0 Å². The Bertz CT molecular complexity index is 594. The standard InChI is InChI=1S/C10H10N4O2S2/c1-6-4-8(14-9(16)12-6)18-5-7(15)13-10-11-2-3-17-10/h2-4H,5H2,1H3,(H,11,13,15)(H,12,14,16). The second kappa shape index (κ2) is 5.78. The van der Waals surface area contributed by atoms with Gasteiger partial charge >= 0.3 is 5.69 Å². The summed E-state index contributed by atoms with van der Waals surface area (Å²) in [6.45, 7) is 1.77. The number of aromatic nitrogens is 3. The number of nitrogens with one attached hydrogen (secondary N) is 2. The van der Waals surface area contributed by atoms with Crippen LogP contribution in [-0.2, 0) is 4.79 Å². The molecule has 2 heterocycles. The summed E-state index contributed by atoms with van der Waals surface area (Å²) in [5.41, 5.74) is 0.315. The number of H-pyrrole nitrogens is 1. The predicted molar refractivity (Wildman–Crippen MR) is 71.1 cm³/mol. The number of amides is 1. The second-order valence-electron chi connectivity index (χ2n) is 3.38. The van der Waals surface area contributed by atoms with Crippen molar-refractivity contribution in [3.8, 4) is 0 Å². The zero-order chi connectivity index (χ0) is 13.0. The lowest BCUT2D eigenvalue weighted by molar-refractivity contribution is -0.113. The molecule has 6 nitrogen and oxygen atoms in total. The van der Waals surface area contributed by atoms with E-state index in [0.717, 1.165) is 5.69 Å². The summed E-state index contributed by atoms with van der Waals surface area (Å²) in [6.07, 6.45) is 1.62. The SMILES string of the molecule is Cc1cc(SCC(=O)Nc2nccs2)nc(=O)[nH]1. The number of aryl methyl sites for hydroxylation is 1. The molecule has 0 unspecified atom stereocenters. The van der Waals surface area contributed by atoms with E-state index in [1.165, 1.54) is 23.1 Å². The summed E-state index contributed by atoms with van der Waals surface area (Å²) < 4.78 is 0. The fourth-order valence-electron chi connectivity index (χ4n) is 1.20. The number of nitrogens with zero attached hydrogens (tertiary/aromatic N) is 2. The maximum Gasteiger partial charge on any atom is 0.346 e. The molecule has 2 rings (SSSR count). The molecule has 18 heavy (non-hydrogen) atoms. The summed E-state index contributed by atoms with van der Waals surface area (Å²) in [7, 11) is 0. The van der Waals surface area contributed by atoms with Crippen molar-refractivity contribution in [2.24, 2.45) is 0 Å². The summed E-state index contributed by atoms with van der Waals surface area (Å²) in [4.78, 5) is 33.0. The van der Waals surface area contributed by atoms with E-state index < -0.39 is 5.69 Å². The molecule has 94 valence electrons. The number of aromatic amines is 1. The Hall–Kier alpha value is -1.67. The Balaban J connectivity index is 1.91. The number of carbonyl (C=O) groups is 1. The molecule has 2 aromatic heterocycles. The van der Waals surface area contributed by atoms with Crippen LogP contribution in [-0.4, -0.2) is 26.6 Å². The molecule has 0 atom stereocenters. The topological polar surface area (TPSA) is 87.7 Å². The maximum atomic E-state index is 11.6. The molecule has 0 aliphatic rings. The fraction of sp³-hybridized carbons (Fsp3) is 0.200. The van der Waals surface area contributed by atoms with Crippen LogP contribution in [0.25, 0.3) is 0 Å². The predicted octanol–water partition coefficient (Wildman–Crippen LogP) is 1.27.